The lowest BCUT2D eigenvalue weighted by molar-refractivity contribution is -0.136. The first-order valence-corrected chi connectivity index (χ1v) is 6.07. The van der Waals surface area contributed by atoms with E-state index >= 15 is 0 Å². The van der Waals surface area contributed by atoms with E-state index in [1.807, 2.05) is 0 Å². The second kappa shape index (κ2) is 6.31. The van der Waals surface area contributed by atoms with E-state index in [-0.39, 0.29) is 6.42 Å². The summed E-state index contributed by atoms with van der Waals surface area (Å²) >= 11 is 5.78. The van der Waals surface area contributed by atoms with Crippen molar-refractivity contribution in [3.8, 4) is 5.75 Å². The number of aliphatic hydroxyl groups excluding tert-OH is 1. The van der Waals surface area contributed by atoms with Crippen molar-refractivity contribution >= 4 is 17.6 Å². The number of carbonyl (C=O) groups excluding carboxylic acids is 1. The predicted octanol–water partition coefficient (Wildman–Crippen LogP) is 2.76. The van der Waals surface area contributed by atoms with Gasteiger partial charge in [0.25, 0.3) is 0 Å². The summed E-state index contributed by atoms with van der Waals surface area (Å²) in [5.41, 5.74) is 0.575. The molecule has 1 aromatic heterocycles. The summed E-state index contributed by atoms with van der Waals surface area (Å²) in [6, 6.07) is 9.92. The highest BCUT2D eigenvalue weighted by atomic mass is 35.5. The largest absolute Gasteiger partial charge is 0.426 e. The van der Waals surface area contributed by atoms with Gasteiger partial charge in [-0.15, -0.1) is 0 Å². The topological polar surface area (TPSA) is 59.4 Å². The zero-order chi connectivity index (χ0) is 13.7. The molecule has 4 nitrogen and oxygen atoms in total. The molecule has 0 aliphatic heterocycles. The van der Waals surface area contributed by atoms with Gasteiger partial charge in [0.05, 0.1) is 12.5 Å². The average Bonchev–Trinajstić information content (AvgIpc) is 2.39. The zero-order valence-corrected chi connectivity index (χ0v) is 10.7. The number of hydrogen-bond donors (Lipinski definition) is 1. The first-order valence-electron chi connectivity index (χ1n) is 5.69. The van der Waals surface area contributed by atoms with Crippen molar-refractivity contribution in [2.75, 3.05) is 0 Å². The van der Waals surface area contributed by atoms with Crippen LogP contribution in [0.15, 0.2) is 48.8 Å². The van der Waals surface area contributed by atoms with Gasteiger partial charge < -0.3 is 9.84 Å². The van der Waals surface area contributed by atoms with Crippen LogP contribution in [-0.4, -0.2) is 16.1 Å². The fraction of sp³-hybridized carbons (Fsp3) is 0.143. The van der Waals surface area contributed by atoms with Gasteiger partial charge in [0.15, 0.2) is 0 Å². The molecule has 0 fully saturated rings. The first-order chi connectivity index (χ1) is 9.15. The van der Waals surface area contributed by atoms with Crippen LogP contribution in [0.3, 0.4) is 0 Å². The molecule has 98 valence electrons. The molecule has 2 aromatic rings. The van der Waals surface area contributed by atoms with Crippen molar-refractivity contribution in [1.82, 2.24) is 4.98 Å². The molecule has 1 unspecified atom stereocenters. The smallest absolute Gasteiger partial charge is 0.314 e. The minimum absolute atomic E-state index is 0.141. The standard InChI is InChI=1S/C14H12ClNO3/c15-11-4-1-5-12(7-11)19-14(18)8-13(17)10-3-2-6-16-9-10/h1-7,9,13,17H,8H2. The van der Waals surface area contributed by atoms with Gasteiger partial charge in [-0.1, -0.05) is 23.7 Å². The molecule has 0 saturated carbocycles. The molecule has 0 aliphatic rings. The van der Waals surface area contributed by atoms with Crippen molar-refractivity contribution in [3.63, 3.8) is 0 Å². The molecule has 0 amide bonds. The van der Waals surface area contributed by atoms with Gasteiger partial charge in [0.2, 0.25) is 0 Å². The van der Waals surface area contributed by atoms with Gasteiger partial charge in [0.1, 0.15) is 5.75 Å². The predicted molar refractivity (Wildman–Crippen MR) is 70.9 cm³/mol. The Bertz CT molecular complexity index is 560. The summed E-state index contributed by atoms with van der Waals surface area (Å²) in [5, 5.41) is 10.3. The van der Waals surface area contributed by atoms with Gasteiger partial charge in [-0.3, -0.25) is 9.78 Å². The van der Waals surface area contributed by atoms with Crippen LogP contribution in [0.1, 0.15) is 18.1 Å². The van der Waals surface area contributed by atoms with Crippen LogP contribution in [0.4, 0.5) is 0 Å². The number of carbonyl (C=O) groups is 1. The molecule has 1 atom stereocenters. The fourth-order valence-electron chi connectivity index (χ4n) is 1.55. The Balaban J connectivity index is 1.95. The van der Waals surface area contributed by atoms with Crippen LogP contribution in [-0.2, 0) is 4.79 Å². The Kier molecular flexibility index (Phi) is 4.49. The molecule has 0 aliphatic carbocycles. The highest BCUT2D eigenvalue weighted by molar-refractivity contribution is 6.30. The van der Waals surface area contributed by atoms with E-state index in [1.165, 1.54) is 12.3 Å². The maximum Gasteiger partial charge on any atom is 0.314 e. The number of rotatable bonds is 4. The normalized spacial score (nSPS) is 11.9. The maximum atomic E-state index is 11.7. The molecule has 1 N–H and O–H groups in total. The summed E-state index contributed by atoms with van der Waals surface area (Å²) in [5.74, 6) is -0.172. The summed E-state index contributed by atoms with van der Waals surface area (Å²) in [6.07, 6.45) is 2.04. The number of halogens is 1. The van der Waals surface area contributed by atoms with Gasteiger partial charge in [-0.2, -0.15) is 0 Å². The van der Waals surface area contributed by atoms with Crippen molar-refractivity contribution in [2.45, 2.75) is 12.5 Å². The van der Waals surface area contributed by atoms with E-state index in [0.29, 0.717) is 16.3 Å². The van der Waals surface area contributed by atoms with E-state index < -0.39 is 12.1 Å². The number of aliphatic hydroxyl groups is 1. The fourth-order valence-corrected chi connectivity index (χ4v) is 1.73. The number of nitrogens with zero attached hydrogens (tertiary/aromatic N) is 1. The zero-order valence-electron chi connectivity index (χ0n) is 9.99. The van der Waals surface area contributed by atoms with E-state index in [2.05, 4.69) is 4.98 Å². The minimum Gasteiger partial charge on any atom is -0.426 e. The summed E-state index contributed by atoms with van der Waals surface area (Å²) in [7, 11) is 0. The van der Waals surface area contributed by atoms with Gasteiger partial charge in [-0.05, 0) is 29.8 Å². The third-order valence-electron chi connectivity index (χ3n) is 2.46. The van der Waals surface area contributed by atoms with Crippen molar-refractivity contribution in [2.24, 2.45) is 0 Å². The lowest BCUT2D eigenvalue weighted by Crippen LogP contribution is -2.13. The quantitative estimate of drug-likeness (QED) is 0.690. The van der Waals surface area contributed by atoms with E-state index in [9.17, 15) is 9.90 Å². The third kappa shape index (κ3) is 4.05. The Morgan fingerprint density at radius 2 is 2.21 bits per heavy atom. The van der Waals surface area contributed by atoms with Crippen molar-refractivity contribution in [1.29, 1.82) is 0 Å². The van der Waals surface area contributed by atoms with Crippen molar-refractivity contribution in [3.05, 3.63) is 59.4 Å². The molecule has 0 radical (unpaired) electrons. The second-order valence-corrected chi connectivity index (χ2v) is 4.37. The SMILES string of the molecule is O=C(CC(O)c1cccnc1)Oc1cccc(Cl)c1. The molecule has 0 bridgehead atoms. The number of esters is 1. The monoisotopic (exact) mass is 277 g/mol. The number of benzene rings is 1. The molecule has 2 rings (SSSR count). The summed E-state index contributed by atoms with van der Waals surface area (Å²) < 4.78 is 5.08. The molecular weight excluding hydrogens is 266 g/mol. The van der Waals surface area contributed by atoms with Crippen LogP contribution < -0.4 is 4.74 Å². The number of hydrogen-bond acceptors (Lipinski definition) is 4. The maximum absolute atomic E-state index is 11.7. The van der Waals surface area contributed by atoms with E-state index in [0.717, 1.165) is 0 Å². The van der Waals surface area contributed by atoms with Crippen LogP contribution in [0.5, 0.6) is 5.75 Å². The Morgan fingerprint density at radius 3 is 2.89 bits per heavy atom. The number of ether oxygens (including phenoxy) is 1. The van der Waals surface area contributed by atoms with Crippen LogP contribution in [0.2, 0.25) is 5.02 Å². The lowest BCUT2D eigenvalue weighted by Gasteiger charge is -2.10. The molecule has 19 heavy (non-hydrogen) atoms. The third-order valence-corrected chi connectivity index (χ3v) is 2.69. The molecule has 1 heterocycles. The molecule has 5 heteroatoms. The van der Waals surface area contributed by atoms with Gasteiger partial charge >= 0.3 is 5.97 Å². The average molecular weight is 278 g/mol. The summed E-state index contributed by atoms with van der Waals surface area (Å²) in [6.45, 7) is 0. The van der Waals surface area contributed by atoms with Gasteiger partial charge in [0, 0.05) is 17.4 Å². The Labute approximate surface area is 115 Å². The van der Waals surface area contributed by atoms with Gasteiger partial charge in [-0.25, -0.2) is 0 Å². The Hall–Kier alpha value is -1.91. The highest BCUT2D eigenvalue weighted by Gasteiger charge is 2.14. The summed E-state index contributed by atoms with van der Waals surface area (Å²) in [4.78, 5) is 15.5. The molecular formula is C14H12ClNO3. The first kappa shape index (κ1) is 13.5. The van der Waals surface area contributed by atoms with Crippen LogP contribution >= 0.6 is 11.6 Å². The minimum atomic E-state index is -0.930. The van der Waals surface area contributed by atoms with E-state index in [1.54, 1.807) is 36.5 Å². The molecule has 1 aromatic carbocycles. The van der Waals surface area contributed by atoms with Crippen LogP contribution in [0, 0.1) is 0 Å². The number of pyridine rings is 1. The van der Waals surface area contributed by atoms with Crippen LogP contribution in [0.25, 0.3) is 0 Å². The molecule has 0 saturated heterocycles. The second-order valence-electron chi connectivity index (χ2n) is 3.94. The van der Waals surface area contributed by atoms with Crippen molar-refractivity contribution < 1.29 is 14.6 Å². The molecule has 0 spiro atoms. The highest BCUT2D eigenvalue weighted by Crippen LogP contribution is 2.20. The Morgan fingerprint density at radius 1 is 1.37 bits per heavy atom. The van der Waals surface area contributed by atoms with E-state index in [4.69, 9.17) is 16.3 Å². The number of aromatic nitrogens is 1. The lowest BCUT2D eigenvalue weighted by atomic mass is 10.1.